The number of carbonyl (C=O) groups excluding carboxylic acids is 1. The van der Waals surface area contributed by atoms with E-state index < -0.39 is 0 Å². The van der Waals surface area contributed by atoms with Crippen LogP contribution in [0.25, 0.3) is 0 Å². The molecule has 0 atom stereocenters. The lowest BCUT2D eigenvalue weighted by molar-refractivity contribution is -0.149. The maximum absolute atomic E-state index is 12.0. The third-order valence-electron chi connectivity index (χ3n) is 3.22. The van der Waals surface area contributed by atoms with Gasteiger partial charge in [0.25, 0.3) is 0 Å². The summed E-state index contributed by atoms with van der Waals surface area (Å²) in [6, 6.07) is 20.4. The molecule has 2 rings (SSSR count). The van der Waals surface area contributed by atoms with Crippen LogP contribution in [0.2, 0.25) is 0 Å². The van der Waals surface area contributed by atoms with Crippen LogP contribution in [-0.2, 0) is 22.6 Å². The fourth-order valence-corrected chi connectivity index (χ4v) is 2.33. The lowest BCUT2D eigenvalue weighted by Crippen LogP contribution is -2.31. The minimum Gasteiger partial charge on any atom is -0.462 e. The topological polar surface area (TPSA) is 29.5 Å². The quantitative estimate of drug-likeness (QED) is 0.731. The monoisotopic (exact) mass is 297 g/mol. The molecule has 0 aliphatic carbocycles. The summed E-state index contributed by atoms with van der Waals surface area (Å²) in [7, 11) is 0. The molecule has 0 radical (unpaired) electrons. The van der Waals surface area contributed by atoms with Gasteiger partial charge in [0.1, 0.15) is 0 Å². The van der Waals surface area contributed by atoms with Crippen LogP contribution >= 0.6 is 0 Å². The molecule has 3 heteroatoms. The largest absolute Gasteiger partial charge is 0.462 e. The Morgan fingerprint density at radius 3 is 1.77 bits per heavy atom. The molecule has 22 heavy (non-hydrogen) atoms. The van der Waals surface area contributed by atoms with E-state index in [-0.39, 0.29) is 12.1 Å². The van der Waals surface area contributed by atoms with Crippen molar-refractivity contribution in [2.75, 3.05) is 6.54 Å². The molecular weight excluding hydrogens is 274 g/mol. The van der Waals surface area contributed by atoms with Crippen molar-refractivity contribution in [1.29, 1.82) is 0 Å². The molecule has 0 fully saturated rings. The summed E-state index contributed by atoms with van der Waals surface area (Å²) >= 11 is 0. The first kappa shape index (κ1) is 16.2. The van der Waals surface area contributed by atoms with E-state index in [1.54, 1.807) is 0 Å². The first-order valence-corrected chi connectivity index (χ1v) is 7.63. The summed E-state index contributed by atoms with van der Waals surface area (Å²) in [6.07, 6.45) is -0.0807. The highest BCUT2D eigenvalue weighted by Gasteiger charge is 2.14. The van der Waals surface area contributed by atoms with Gasteiger partial charge in [0, 0.05) is 13.1 Å². The standard InChI is InChI=1S/C19H23NO2/c1-16(2)22-19(21)15-20(13-17-9-5-3-6-10-17)14-18-11-7-4-8-12-18/h3-12,16H,13-15H2,1-2H3. The Morgan fingerprint density at radius 1 is 0.909 bits per heavy atom. The van der Waals surface area contributed by atoms with E-state index in [2.05, 4.69) is 29.2 Å². The van der Waals surface area contributed by atoms with Gasteiger partial charge in [-0.1, -0.05) is 60.7 Å². The van der Waals surface area contributed by atoms with Crippen LogP contribution < -0.4 is 0 Å². The molecule has 2 aromatic carbocycles. The molecule has 0 heterocycles. The Kier molecular flexibility index (Phi) is 6.16. The van der Waals surface area contributed by atoms with Crippen LogP contribution in [0, 0.1) is 0 Å². The summed E-state index contributed by atoms with van der Waals surface area (Å²) < 4.78 is 5.28. The van der Waals surface area contributed by atoms with Gasteiger partial charge in [-0.25, -0.2) is 0 Å². The van der Waals surface area contributed by atoms with Gasteiger partial charge in [0.15, 0.2) is 0 Å². The molecule has 0 bridgehead atoms. The van der Waals surface area contributed by atoms with Gasteiger partial charge in [0.05, 0.1) is 12.6 Å². The van der Waals surface area contributed by atoms with E-state index in [4.69, 9.17) is 4.74 Å². The molecule has 0 amide bonds. The number of hydrogen-bond acceptors (Lipinski definition) is 3. The maximum atomic E-state index is 12.0. The normalized spacial score (nSPS) is 10.9. The zero-order valence-electron chi connectivity index (χ0n) is 13.2. The number of rotatable bonds is 7. The predicted molar refractivity (Wildman–Crippen MR) is 88.2 cm³/mol. The minimum absolute atomic E-state index is 0.0807. The minimum atomic E-state index is -0.179. The average Bonchev–Trinajstić information content (AvgIpc) is 2.48. The first-order chi connectivity index (χ1) is 10.6. The van der Waals surface area contributed by atoms with Crippen molar-refractivity contribution in [3.8, 4) is 0 Å². The second kappa shape index (κ2) is 8.35. The Bertz CT molecular complexity index is 525. The zero-order chi connectivity index (χ0) is 15.8. The summed E-state index contributed by atoms with van der Waals surface area (Å²) in [5, 5.41) is 0. The van der Waals surface area contributed by atoms with E-state index in [0.717, 1.165) is 13.1 Å². The molecule has 0 aliphatic rings. The van der Waals surface area contributed by atoms with Crippen molar-refractivity contribution >= 4 is 5.97 Å². The number of carbonyl (C=O) groups is 1. The van der Waals surface area contributed by atoms with Gasteiger partial charge in [-0.3, -0.25) is 9.69 Å². The van der Waals surface area contributed by atoms with Crippen molar-refractivity contribution in [3.05, 3.63) is 71.8 Å². The van der Waals surface area contributed by atoms with E-state index in [1.165, 1.54) is 11.1 Å². The smallest absolute Gasteiger partial charge is 0.320 e. The molecular formula is C19H23NO2. The number of hydrogen-bond donors (Lipinski definition) is 0. The van der Waals surface area contributed by atoms with Gasteiger partial charge in [-0.15, -0.1) is 0 Å². The summed E-state index contributed by atoms with van der Waals surface area (Å²) in [5.41, 5.74) is 2.38. The molecule has 0 spiro atoms. The van der Waals surface area contributed by atoms with Gasteiger partial charge in [0.2, 0.25) is 0 Å². The highest BCUT2D eigenvalue weighted by atomic mass is 16.5. The Morgan fingerprint density at radius 2 is 1.36 bits per heavy atom. The van der Waals surface area contributed by atoms with Crippen molar-refractivity contribution in [2.45, 2.75) is 33.0 Å². The van der Waals surface area contributed by atoms with E-state index in [9.17, 15) is 4.79 Å². The van der Waals surface area contributed by atoms with Crippen LogP contribution in [-0.4, -0.2) is 23.5 Å². The summed E-state index contributed by atoms with van der Waals surface area (Å²) in [5.74, 6) is -0.179. The highest BCUT2D eigenvalue weighted by Crippen LogP contribution is 2.10. The first-order valence-electron chi connectivity index (χ1n) is 7.63. The molecule has 0 unspecified atom stereocenters. The number of benzene rings is 2. The highest BCUT2D eigenvalue weighted by molar-refractivity contribution is 5.71. The van der Waals surface area contributed by atoms with Crippen LogP contribution in [0.5, 0.6) is 0 Å². The van der Waals surface area contributed by atoms with Crippen molar-refractivity contribution in [3.63, 3.8) is 0 Å². The number of nitrogens with zero attached hydrogens (tertiary/aromatic N) is 1. The van der Waals surface area contributed by atoms with Crippen LogP contribution in [0.15, 0.2) is 60.7 Å². The van der Waals surface area contributed by atoms with E-state index >= 15 is 0 Å². The molecule has 3 nitrogen and oxygen atoms in total. The second-order valence-corrected chi connectivity index (χ2v) is 5.65. The lowest BCUT2D eigenvalue weighted by Gasteiger charge is -2.22. The lowest BCUT2D eigenvalue weighted by atomic mass is 10.1. The summed E-state index contributed by atoms with van der Waals surface area (Å²) in [6.45, 7) is 5.49. The van der Waals surface area contributed by atoms with Crippen molar-refractivity contribution in [2.24, 2.45) is 0 Å². The van der Waals surface area contributed by atoms with Crippen LogP contribution in [0.3, 0.4) is 0 Å². The Hall–Kier alpha value is -2.13. The van der Waals surface area contributed by atoms with Crippen molar-refractivity contribution < 1.29 is 9.53 Å². The fraction of sp³-hybridized carbons (Fsp3) is 0.316. The zero-order valence-corrected chi connectivity index (χ0v) is 13.2. The van der Waals surface area contributed by atoms with Crippen LogP contribution in [0.1, 0.15) is 25.0 Å². The van der Waals surface area contributed by atoms with Gasteiger partial charge >= 0.3 is 5.97 Å². The molecule has 2 aromatic rings. The Balaban J connectivity index is 2.04. The average molecular weight is 297 g/mol. The molecule has 0 saturated heterocycles. The predicted octanol–water partition coefficient (Wildman–Crippen LogP) is 3.64. The van der Waals surface area contributed by atoms with Crippen LogP contribution in [0.4, 0.5) is 0 Å². The van der Waals surface area contributed by atoms with E-state index in [0.29, 0.717) is 6.54 Å². The fourth-order valence-electron chi connectivity index (χ4n) is 2.33. The SMILES string of the molecule is CC(C)OC(=O)CN(Cc1ccccc1)Cc1ccccc1. The molecule has 116 valence electrons. The molecule has 0 aliphatic heterocycles. The number of ether oxygens (including phenoxy) is 1. The second-order valence-electron chi connectivity index (χ2n) is 5.65. The van der Waals surface area contributed by atoms with Crippen molar-refractivity contribution in [1.82, 2.24) is 4.90 Å². The molecule has 0 saturated carbocycles. The third-order valence-corrected chi connectivity index (χ3v) is 3.22. The Labute approximate surface area is 132 Å². The van der Waals surface area contributed by atoms with E-state index in [1.807, 2.05) is 50.2 Å². The maximum Gasteiger partial charge on any atom is 0.320 e. The van der Waals surface area contributed by atoms with Gasteiger partial charge in [-0.2, -0.15) is 0 Å². The third kappa shape index (κ3) is 5.70. The summed E-state index contributed by atoms with van der Waals surface area (Å²) in [4.78, 5) is 14.1. The molecule has 0 N–H and O–H groups in total. The number of esters is 1. The molecule has 0 aromatic heterocycles. The van der Waals surface area contributed by atoms with Gasteiger partial charge < -0.3 is 4.74 Å². The van der Waals surface area contributed by atoms with Gasteiger partial charge in [-0.05, 0) is 25.0 Å².